The first-order valence-electron chi connectivity index (χ1n) is 8.61. The molecule has 0 spiro atoms. The number of nitrogens with zero attached hydrogens (tertiary/aromatic N) is 4. The topological polar surface area (TPSA) is 68.6 Å². The zero-order valence-electron chi connectivity index (χ0n) is 14.1. The van der Waals surface area contributed by atoms with Crippen molar-refractivity contribution >= 4 is 28.3 Å². The molecule has 26 heavy (non-hydrogen) atoms. The number of benzene rings is 1. The first-order chi connectivity index (χ1) is 12.8. The Balaban J connectivity index is 1.58. The van der Waals surface area contributed by atoms with Crippen LogP contribution < -0.4 is 5.73 Å². The molecule has 1 aliphatic heterocycles. The normalized spacial score (nSPS) is 18.9. The number of aromatic nitrogens is 3. The number of nitrogens with two attached hydrogens (primary N) is 1. The maximum atomic E-state index is 6.08. The standard InChI is InChI=1S/C21H17N5/c22-21-20-19(24-13-26(20)11-10-23-21)16-7-6-15-8-9-17(25-18(15)12-16)14-4-2-1-3-5-14/h1-7,9-13,15H,8H2,(H2,22,23). The lowest BCUT2D eigenvalue weighted by Gasteiger charge is -2.22. The van der Waals surface area contributed by atoms with Gasteiger partial charge in [-0.05, 0) is 18.1 Å². The second kappa shape index (κ2) is 5.81. The van der Waals surface area contributed by atoms with Crippen molar-refractivity contribution in [1.29, 1.82) is 0 Å². The van der Waals surface area contributed by atoms with Crippen molar-refractivity contribution in [3.8, 4) is 0 Å². The second-order valence-corrected chi connectivity index (χ2v) is 6.45. The summed E-state index contributed by atoms with van der Waals surface area (Å²) >= 11 is 0. The summed E-state index contributed by atoms with van der Waals surface area (Å²) < 4.78 is 1.90. The molecule has 2 aliphatic rings. The first kappa shape index (κ1) is 14.8. The number of rotatable bonds is 2. The van der Waals surface area contributed by atoms with E-state index in [0.29, 0.717) is 11.7 Å². The maximum Gasteiger partial charge on any atom is 0.150 e. The van der Waals surface area contributed by atoms with Crippen molar-refractivity contribution in [3.63, 3.8) is 0 Å². The molecule has 1 atom stereocenters. The number of hydrogen-bond donors (Lipinski definition) is 1. The van der Waals surface area contributed by atoms with Crippen molar-refractivity contribution in [2.45, 2.75) is 6.42 Å². The minimum Gasteiger partial charge on any atom is -0.382 e. The van der Waals surface area contributed by atoms with Crippen LogP contribution >= 0.6 is 0 Å². The Morgan fingerprint density at radius 3 is 2.88 bits per heavy atom. The number of anilines is 1. The molecule has 1 aromatic carbocycles. The molecule has 5 nitrogen and oxygen atoms in total. The second-order valence-electron chi connectivity index (χ2n) is 6.45. The van der Waals surface area contributed by atoms with E-state index >= 15 is 0 Å². The van der Waals surface area contributed by atoms with Crippen LogP contribution in [0.25, 0.3) is 16.8 Å². The van der Waals surface area contributed by atoms with Gasteiger partial charge in [0.1, 0.15) is 17.7 Å². The van der Waals surface area contributed by atoms with Crippen LogP contribution in [-0.2, 0) is 0 Å². The van der Waals surface area contributed by atoms with Gasteiger partial charge >= 0.3 is 0 Å². The van der Waals surface area contributed by atoms with Crippen LogP contribution in [0.1, 0.15) is 17.7 Å². The highest BCUT2D eigenvalue weighted by atomic mass is 15.0. The average molecular weight is 339 g/mol. The van der Waals surface area contributed by atoms with E-state index in [4.69, 9.17) is 10.7 Å². The van der Waals surface area contributed by atoms with Gasteiger partial charge in [-0.2, -0.15) is 0 Å². The molecule has 5 heteroatoms. The highest BCUT2D eigenvalue weighted by Crippen LogP contribution is 2.32. The summed E-state index contributed by atoms with van der Waals surface area (Å²) in [5, 5.41) is 0. The van der Waals surface area contributed by atoms with E-state index in [-0.39, 0.29) is 0 Å². The van der Waals surface area contributed by atoms with Gasteiger partial charge in [0.2, 0.25) is 0 Å². The quantitative estimate of drug-likeness (QED) is 0.773. The Bertz CT molecular complexity index is 1120. The molecule has 5 rings (SSSR count). The van der Waals surface area contributed by atoms with Crippen molar-refractivity contribution in [2.24, 2.45) is 10.9 Å². The molecule has 3 heterocycles. The highest BCUT2D eigenvalue weighted by Gasteiger charge is 2.22. The Morgan fingerprint density at radius 1 is 1.12 bits per heavy atom. The van der Waals surface area contributed by atoms with Gasteiger partial charge in [0.15, 0.2) is 0 Å². The van der Waals surface area contributed by atoms with Gasteiger partial charge < -0.3 is 10.1 Å². The Hall–Kier alpha value is -3.47. The fraction of sp³-hybridized carbons (Fsp3) is 0.0952. The summed E-state index contributed by atoms with van der Waals surface area (Å²) in [6, 6.07) is 10.3. The van der Waals surface area contributed by atoms with Gasteiger partial charge in [0.25, 0.3) is 0 Å². The lowest BCUT2D eigenvalue weighted by molar-refractivity contribution is 0.867. The van der Waals surface area contributed by atoms with Crippen LogP contribution in [0.5, 0.6) is 0 Å². The van der Waals surface area contributed by atoms with Crippen LogP contribution in [0.2, 0.25) is 0 Å². The van der Waals surface area contributed by atoms with E-state index in [0.717, 1.165) is 40.2 Å². The molecule has 2 N–H and O–H groups in total. The van der Waals surface area contributed by atoms with Gasteiger partial charge in [-0.25, -0.2) is 9.97 Å². The van der Waals surface area contributed by atoms with Crippen molar-refractivity contribution in [2.75, 3.05) is 5.73 Å². The molecule has 3 aromatic rings. The number of imidazole rings is 1. The number of fused-ring (bicyclic) bond motifs is 2. The van der Waals surface area contributed by atoms with E-state index in [2.05, 4.69) is 46.4 Å². The Morgan fingerprint density at radius 2 is 2.00 bits per heavy atom. The Labute approximate surface area is 150 Å². The van der Waals surface area contributed by atoms with E-state index < -0.39 is 0 Å². The first-order valence-corrected chi connectivity index (χ1v) is 8.61. The molecule has 0 bridgehead atoms. The largest absolute Gasteiger partial charge is 0.382 e. The van der Waals surface area contributed by atoms with Gasteiger partial charge in [-0.3, -0.25) is 4.99 Å². The average Bonchev–Trinajstić information content (AvgIpc) is 3.13. The fourth-order valence-corrected chi connectivity index (χ4v) is 3.49. The zero-order valence-corrected chi connectivity index (χ0v) is 14.1. The SMILES string of the molecule is Nc1nccn2cnc(C3=CC4=NC(c5ccccc5)=CCC4C=C3)c12. The summed E-state index contributed by atoms with van der Waals surface area (Å²) in [4.78, 5) is 13.6. The van der Waals surface area contributed by atoms with Gasteiger partial charge in [0, 0.05) is 29.6 Å². The molecule has 0 fully saturated rings. The van der Waals surface area contributed by atoms with Gasteiger partial charge in [-0.1, -0.05) is 48.6 Å². The van der Waals surface area contributed by atoms with Crippen LogP contribution in [0.3, 0.4) is 0 Å². The third-order valence-corrected chi connectivity index (χ3v) is 4.83. The molecule has 0 amide bonds. The van der Waals surface area contributed by atoms with E-state index in [1.165, 1.54) is 0 Å². The number of nitrogen functional groups attached to an aromatic ring is 1. The third kappa shape index (κ3) is 2.37. The number of allylic oxidation sites excluding steroid dienone is 5. The Kier molecular flexibility index (Phi) is 3.31. The van der Waals surface area contributed by atoms with E-state index in [1.54, 1.807) is 12.5 Å². The highest BCUT2D eigenvalue weighted by molar-refractivity contribution is 6.10. The summed E-state index contributed by atoms with van der Waals surface area (Å²) in [6.45, 7) is 0. The maximum absolute atomic E-state index is 6.08. The van der Waals surface area contributed by atoms with E-state index in [1.807, 2.05) is 28.8 Å². The summed E-state index contributed by atoms with van der Waals surface area (Å²) in [7, 11) is 0. The van der Waals surface area contributed by atoms with Crippen molar-refractivity contribution in [1.82, 2.24) is 14.4 Å². The molecule has 1 unspecified atom stereocenters. The monoisotopic (exact) mass is 339 g/mol. The minimum absolute atomic E-state index is 0.315. The van der Waals surface area contributed by atoms with Crippen molar-refractivity contribution in [3.05, 3.63) is 84.6 Å². The molecule has 0 saturated heterocycles. The fourth-order valence-electron chi connectivity index (χ4n) is 3.49. The molecule has 2 aromatic heterocycles. The minimum atomic E-state index is 0.315. The van der Waals surface area contributed by atoms with Crippen LogP contribution in [0.15, 0.2) is 78.3 Å². The summed E-state index contributed by atoms with van der Waals surface area (Å²) in [5.41, 5.74) is 12.0. The molecule has 1 aliphatic carbocycles. The molecule has 126 valence electrons. The molecule has 0 saturated carbocycles. The van der Waals surface area contributed by atoms with E-state index in [9.17, 15) is 0 Å². The number of aliphatic imine (C=N–C) groups is 1. The van der Waals surface area contributed by atoms with Gasteiger partial charge in [-0.15, -0.1) is 0 Å². The molecular weight excluding hydrogens is 322 g/mol. The number of hydrogen-bond acceptors (Lipinski definition) is 4. The lowest BCUT2D eigenvalue weighted by atomic mass is 9.88. The summed E-state index contributed by atoms with van der Waals surface area (Å²) in [6.07, 6.45) is 14.9. The lowest BCUT2D eigenvalue weighted by Crippen LogP contribution is -2.16. The smallest absolute Gasteiger partial charge is 0.150 e. The van der Waals surface area contributed by atoms with Crippen LogP contribution in [0, 0.1) is 5.92 Å². The van der Waals surface area contributed by atoms with Crippen LogP contribution in [0.4, 0.5) is 5.82 Å². The molecular formula is C21H17N5. The summed E-state index contributed by atoms with van der Waals surface area (Å²) in [5.74, 6) is 0.794. The van der Waals surface area contributed by atoms with Crippen molar-refractivity contribution < 1.29 is 0 Å². The molecule has 0 radical (unpaired) electrons. The van der Waals surface area contributed by atoms with Crippen LogP contribution in [-0.4, -0.2) is 20.1 Å². The van der Waals surface area contributed by atoms with Gasteiger partial charge in [0.05, 0.1) is 11.4 Å². The predicted octanol–water partition coefficient (Wildman–Crippen LogP) is 3.77. The zero-order chi connectivity index (χ0) is 17.5. The third-order valence-electron chi connectivity index (χ3n) is 4.83. The predicted molar refractivity (Wildman–Crippen MR) is 104 cm³/mol.